The Hall–Kier alpha value is -1.99. The van der Waals surface area contributed by atoms with Crippen LogP contribution in [0.1, 0.15) is 38.2 Å². The van der Waals surface area contributed by atoms with E-state index in [1.807, 2.05) is 6.92 Å². The molecule has 1 heterocycles. The smallest absolute Gasteiger partial charge is 0.351 e. The van der Waals surface area contributed by atoms with E-state index in [2.05, 4.69) is 10.3 Å². The van der Waals surface area contributed by atoms with Gasteiger partial charge in [0.2, 0.25) is 0 Å². The molecule has 0 radical (unpaired) electrons. The van der Waals surface area contributed by atoms with Crippen LogP contribution in [0.4, 0.5) is 32.0 Å². The Kier molecular flexibility index (Phi) is 5.49. The van der Waals surface area contributed by atoms with Crippen LogP contribution in [-0.2, 0) is 0 Å². The molecule has 0 aromatic heterocycles. The van der Waals surface area contributed by atoms with Crippen LogP contribution >= 0.6 is 0 Å². The summed E-state index contributed by atoms with van der Waals surface area (Å²) < 4.78 is 79.3. The van der Waals surface area contributed by atoms with Crippen molar-refractivity contribution in [1.82, 2.24) is 0 Å². The fourth-order valence-corrected chi connectivity index (χ4v) is 2.87. The molecule has 1 aromatic carbocycles. The monoisotopic (exact) mass is 364 g/mol. The van der Waals surface area contributed by atoms with Crippen LogP contribution in [0.2, 0.25) is 0 Å². The van der Waals surface area contributed by atoms with Crippen molar-refractivity contribution in [2.75, 3.05) is 5.32 Å². The van der Waals surface area contributed by atoms with Crippen molar-refractivity contribution in [3.63, 3.8) is 0 Å². The summed E-state index contributed by atoms with van der Waals surface area (Å²) >= 11 is 0. The summed E-state index contributed by atoms with van der Waals surface area (Å²) in [5.41, 5.74) is -2.34. The van der Waals surface area contributed by atoms with E-state index in [9.17, 15) is 26.3 Å². The SMILES string of the molecule is CCCC1c2ccccc2N/C(C(F)(F)F)=C\C(C(F)(F)F)=N\C1C. The van der Waals surface area contributed by atoms with Crippen LogP contribution in [0.15, 0.2) is 41.0 Å². The van der Waals surface area contributed by atoms with Crippen molar-refractivity contribution in [2.24, 2.45) is 4.99 Å². The molecule has 1 aliphatic heterocycles. The number of halogens is 6. The lowest BCUT2D eigenvalue weighted by atomic mass is 9.87. The van der Waals surface area contributed by atoms with Gasteiger partial charge in [-0.1, -0.05) is 31.5 Å². The highest BCUT2D eigenvalue weighted by Gasteiger charge is 2.41. The largest absolute Gasteiger partial charge is 0.432 e. The number of hydrogen-bond acceptors (Lipinski definition) is 2. The number of nitrogens with one attached hydrogen (secondary N) is 1. The van der Waals surface area contributed by atoms with E-state index in [0.717, 1.165) is 0 Å². The number of nitrogens with zero attached hydrogens (tertiary/aromatic N) is 1. The highest BCUT2D eigenvalue weighted by atomic mass is 19.4. The molecule has 0 saturated carbocycles. The number of aliphatic imine (C=N–C) groups is 1. The molecule has 0 saturated heterocycles. The first kappa shape index (κ1) is 19.3. The number of rotatable bonds is 2. The van der Waals surface area contributed by atoms with Crippen LogP contribution < -0.4 is 5.32 Å². The van der Waals surface area contributed by atoms with Gasteiger partial charge in [-0.15, -0.1) is 0 Å². The van der Waals surface area contributed by atoms with Crippen LogP contribution in [0.3, 0.4) is 0 Å². The Bertz CT molecular complexity index is 672. The summed E-state index contributed by atoms with van der Waals surface area (Å²) in [5.74, 6) is -0.424. The maximum Gasteiger partial charge on any atom is 0.432 e. The first-order chi connectivity index (χ1) is 11.5. The van der Waals surface area contributed by atoms with Gasteiger partial charge in [-0.25, -0.2) is 0 Å². The van der Waals surface area contributed by atoms with Crippen LogP contribution in [-0.4, -0.2) is 24.1 Å². The quantitative estimate of drug-likeness (QED) is 0.656. The average molecular weight is 364 g/mol. The third-order valence-electron chi connectivity index (χ3n) is 4.03. The first-order valence-corrected chi connectivity index (χ1v) is 7.84. The molecule has 2 rings (SSSR count). The molecule has 25 heavy (non-hydrogen) atoms. The standard InChI is InChI=1S/C17H18F6N2/c1-3-6-11-10(2)24-14(16(18,19)20)9-15(17(21,22)23)25-13-8-5-4-7-12(11)13/h4-5,7-11,25H,3,6H2,1-2H3/b15-9-,24-14-. The first-order valence-electron chi connectivity index (χ1n) is 7.84. The van der Waals surface area contributed by atoms with Crippen molar-refractivity contribution in [1.29, 1.82) is 0 Å². The number of fused-ring (bicyclic) bond motifs is 1. The molecular weight excluding hydrogens is 346 g/mol. The van der Waals surface area contributed by atoms with Crippen LogP contribution in [0.5, 0.6) is 0 Å². The summed E-state index contributed by atoms with van der Waals surface area (Å²) in [6, 6.07) is 5.43. The minimum atomic E-state index is -4.97. The molecule has 0 aliphatic carbocycles. The number of hydrogen-bond donors (Lipinski definition) is 1. The minimum Gasteiger partial charge on any atom is -0.351 e. The Morgan fingerprint density at radius 2 is 1.68 bits per heavy atom. The topological polar surface area (TPSA) is 24.4 Å². The molecule has 0 amide bonds. The van der Waals surface area contributed by atoms with E-state index in [1.165, 1.54) is 19.1 Å². The molecule has 0 spiro atoms. The average Bonchev–Trinajstić information content (AvgIpc) is 2.55. The summed E-state index contributed by atoms with van der Waals surface area (Å²) in [4.78, 5) is 3.61. The third-order valence-corrected chi connectivity index (χ3v) is 4.03. The van der Waals surface area contributed by atoms with Gasteiger partial charge < -0.3 is 5.32 Å². The highest BCUT2D eigenvalue weighted by molar-refractivity contribution is 6.00. The Labute approximate surface area is 141 Å². The lowest BCUT2D eigenvalue weighted by molar-refractivity contribution is -0.0904. The van der Waals surface area contributed by atoms with E-state index in [0.29, 0.717) is 18.4 Å². The second-order valence-corrected chi connectivity index (χ2v) is 5.92. The number of benzene rings is 1. The third kappa shape index (κ3) is 4.55. The van der Waals surface area contributed by atoms with Gasteiger partial charge in [0.05, 0.1) is 6.04 Å². The molecule has 138 valence electrons. The Balaban J connectivity index is 2.68. The fraction of sp³-hybridized carbons (Fsp3) is 0.471. The fourth-order valence-electron chi connectivity index (χ4n) is 2.87. The van der Waals surface area contributed by atoms with Gasteiger partial charge in [0, 0.05) is 11.6 Å². The van der Waals surface area contributed by atoms with E-state index < -0.39 is 35.7 Å². The summed E-state index contributed by atoms with van der Waals surface area (Å²) in [6.45, 7) is 3.36. The molecule has 1 aromatic rings. The van der Waals surface area contributed by atoms with Crippen molar-refractivity contribution >= 4 is 11.4 Å². The maximum absolute atomic E-state index is 13.2. The van der Waals surface area contributed by atoms with Gasteiger partial charge in [-0.2, -0.15) is 26.3 Å². The predicted molar refractivity (Wildman–Crippen MR) is 84.8 cm³/mol. The molecule has 8 heteroatoms. The molecule has 2 unspecified atom stereocenters. The molecule has 2 atom stereocenters. The Morgan fingerprint density at radius 3 is 2.24 bits per heavy atom. The molecule has 2 nitrogen and oxygen atoms in total. The zero-order chi connectivity index (χ0) is 18.8. The van der Waals surface area contributed by atoms with Gasteiger partial charge in [-0.3, -0.25) is 4.99 Å². The Morgan fingerprint density at radius 1 is 1.04 bits per heavy atom. The second-order valence-electron chi connectivity index (χ2n) is 5.92. The van der Waals surface area contributed by atoms with E-state index in [-0.39, 0.29) is 11.8 Å². The van der Waals surface area contributed by atoms with Gasteiger partial charge >= 0.3 is 12.4 Å². The van der Waals surface area contributed by atoms with Gasteiger partial charge in [0.25, 0.3) is 0 Å². The van der Waals surface area contributed by atoms with Crippen LogP contribution in [0, 0.1) is 0 Å². The summed E-state index contributed by atoms with van der Waals surface area (Å²) in [5, 5.41) is 2.15. The lowest BCUT2D eigenvalue weighted by Crippen LogP contribution is -2.27. The second kappa shape index (κ2) is 7.09. The molecule has 0 fully saturated rings. The van der Waals surface area contributed by atoms with Gasteiger partial charge in [-0.05, 0) is 31.1 Å². The molecular formula is C17H18F6N2. The number of anilines is 1. The number of allylic oxidation sites excluding steroid dienone is 2. The van der Waals surface area contributed by atoms with Gasteiger partial charge in [0.15, 0.2) is 0 Å². The summed E-state index contributed by atoms with van der Waals surface area (Å²) in [7, 11) is 0. The van der Waals surface area contributed by atoms with Crippen molar-refractivity contribution in [3.8, 4) is 0 Å². The zero-order valence-corrected chi connectivity index (χ0v) is 13.7. The van der Waals surface area contributed by atoms with E-state index >= 15 is 0 Å². The van der Waals surface area contributed by atoms with Crippen molar-refractivity contribution < 1.29 is 26.3 Å². The molecule has 1 aliphatic rings. The van der Waals surface area contributed by atoms with E-state index in [1.54, 1.807) is 12.1 Å². The van der Waals surface area contributed by atoms with Crippen molar-refractivity contribution in [2.45, 2.75) is 51.0 Å². The number of para-hydroxylation sites is 1. The highest BCUT2D eigenvalue weighted by Crippen LogP contribution is 2.37. The normalized spacial score (nSPS) is 26.1. The molecule has 1 N–H and O–H groups in total. The lowest BCUT2D eigenvalue weighted by Gasteiger charge is -2.24. The van der Waals surface area contributed by atoms with Crippen LogP contribution in [0.25, 0.3) is 0 Å². The maximum atomic E-state index is 13.2. The van der Waals surface area contributed by atoms with E-state index in [4.69, 9.17) is 0 Å². The van der Waals surface area contributed by atoms with Gasteiger partial charge in [0.1, 0.15) is 11.4 Å². The zero-order valence-electron chi connectivity index (χ0n) is 13.7. The van der Waals surface area contributed by atoms with Crippen molar-refractivity contribution in [3.05, 3.63) is 41.6 Å². The summed E-state index contributed by atoms with van der Waals surface area (Å²) in [6.07, 6.45) is -8.72. The molecule has 0 bridgehead atoms. The number of alkyl halides is 6. The predicted octanol–water partition coefficient (Wildman–Crippen LogP) is 5.83. The minimum absolute atomic E-state index is 0.0433.